The first-order valence-electron chi connectivity index (χ1n) is 7.92. The predicted octanol–water partition coefficient (Wildman–Crippen LogP) is 4.14. The standard InChI is InChI=1S/C18H11F3N4O2S/c1-27-13-5-3-2-4-9(13)12-8-28-18-23-17(24-25(12)18)22-16(26)10-6-7-11(19)15(21)14(10)20/h2-8H,1H3,(H,22,24,26). The average Bonchev–Trinajstić information content (AvgIpc) is 3.26. The Morgan fingerprint density at radius 2 is 1.93 bits per heavy atom. The molecule has 142 valence electrons. The van der Waals surface area contributed by atoms with Gasteiger partial charge in [0.15, 0.2) is 17.5 Å². The molecule has 0 saturated heterocycles. The third kappa shape index (κ3) is 2.97. The minimum atomic E-state index is -1.72. The van der Waals surface area contributed by atoms with Crippen LogP contribution in [-0.4, -0.2) is 27.6 Å². The maximum absolute atomic E-state index is 13.8. The molecular weight excluding hydrogens is 393 g/mol. The zero-order valence-corrected chi connectivity index (χ0v) is 15.1. The number of hydrogen-bond donors (Lipinski definition) is 1. The molecule has 1 amide bonds. The number of nitrogens with zero attached hydrogens (tertiary/aromatic N) is 3. The predicted molar refractivity (Wildman–Crippen MR) is 97.1 cm³/mol. The number of para-hydroxylation sites is 1. The molecule has 2 aromatic carbocycles. The van der Waals surface area contributed by atoms with Crippen LogP contribution in [0.15, 0.2) is 41.8 Å². The highest BCUT2D eigenvalue weighted by Crippen LogP contribution is 2.32. The molecule has 0 atom stereocenters. The quantitative estimate of drug-likeness (QED) is 0.519. The van der Waals surface area contributed by atoms with Crippen LogP contribution in [-0.2, 0) is 0 Å². The Morgan fingerprint density at radius 3 is 2.71 bits per heavy atom. The Hall–Kier alpha value is -3.40. The van der Waals surface area contributed by atoms with Gasteiger partial charge in [0.05, 0.1) is 18.4 Å². The Kier molecular flexibility index (Phi) is 4.47. The first-order chi connectivity index (χ1) is 13.5. The van der Waals surface area contributed by atoms with E-state index in [1.165, 1.54) is 15.9 Å². The summed E-state index contributed by atoms with van der Waals surface area (Å²) in [6.45, 7) is 0. The number of anilines is 1. The molecule has 2 heterocycles. The zero-order chi connectivity index (χ0) is 19.8. The van der Waals surface area contributed by atoms with Crippen molar-refractivity contribution in [2.24, 2.45) is 0 Å². The molecule has 4 rings (SSSR count). The second-order valence-electron chi connectivity index (χ2n) is 5.63. The van der Waals surface area contributed by atoms with Crippen molar-refractivity contribution in [2.45, 2.75) is 0 Å². The maximum Gasteiger partial charge on any atom is 0.261 e. The number of carbonyl (C=O) groups excluding carboxylic acids is 1. The Bertz CT molecular complexity index is 1200. The molecule has 4 aromatic rings. The van der Waals surface area contributed by atoms with Crippen molar-refractivity contribution < 1.29 is 22.7 Å². The van der Waals surface area contributed by atoms with Gasteiger partial charge in [-0.25, -0.2) is 17.7 Å². The van der Waals surface area contributed by atoms with Gasteiger partial charge in [-0.3, -0.25) is 10.1 Å². The molecule has 1 N–H and O–H groups in total. The molecule has 28 heavy (non-hydrogen) atoms. The highest BCUT2D eigenvalue weighted by Gasteiger charge is 2.21. The molecule has 6 nitrogen and oxygen atoms in total. The van der Waals surface area contributed by atoms with Gasteiger partial charge in [-0.05, 0) is 24.3 Å². The van der Waals surface area contributed by atoms with E-state index in [0.717, 1.165) is 11.6 Å². The summed E-state index contributed by atoms with van der Waals surface area (Å²) in [6.07, 6.45) is 0. The van der Waals surface area contributed by atoms with Gasteiger partial charge < -0.3 is 4.74 Å². The van der Waals surface area contributed by atoms with E-state index in [9.17, 15) is 18.0 Å². The molecule has 2 aromatic heterocycles. The molecule has 0 unspecified atom stereocenters. The van der Waals surface area contributed by atoms with Crippen LogP contribution in [0.5, 0.6) is 5.75 Å². The van der Waals surface area contributed by atoms with Crippen molar-refractivity contribution in [1.82, 2.24) is 14.6 Å². The fraction of sp³-hybridized carbons (Fsp3) is 0.0556. The normalized spacial score (nSPS) is 11.0. The number of benzene rings is 2. The van der Waals surface area contributed by atoms with Crippen LogP contribution in [0.25, 0.3) is 16.2 Å². The smallest absolute Gasteiger partial charge is 0.261 e. The maximum atomic E-state index is 13.8. The monoisotopic (exact) mass is 404 g/mol. The number of amides is 1. The van der Waals surface area contributed by atoms with Crippen LogP contribution >= 0.6 is 11.3 Å². The summed E-state index contributed by atoms with van der Waals surface area (Å²) in [6, 6.07) is 8.83. The topological polar surface area (TPSA) is 68.5 Å². The van der Waals surface area contributed by atoms with Crippen molar-refractivity contribution >= 4 is 28.2 Å². The number of carbonyl (C=O) groups is 1. The molecular formula is C18H11F3N4O2S. The van der Waals surface area contributed by atoms with E-state index in [0.29, 0.717) is 22.5 Å². The number of fused-ring (bicyclic) bond motifs is 1. The van der Waals surface area contributed by atoms with Gasteiger partial charge in [0.1, 0.15) is 5.75 Å². The third-order valence-corrected chi connectivity index (χ3v) is 4.79. The molecule has 0 aliphatic heterocycles. The van der Waals surface area contributed by atoms with Gasteiger partial charge in [-0.15, -0.1) is 16.4 Å². The van der Waals surface area contributed by atoms with Gasteiger partial charge in [-0.2, -0.15) is 4.98 Å². The number of hydrogen-bond acceptors (Lipinski definition) is 5. The van der Waals surface area contributed by atoms with Crippen LogP contribution < -0.4 is 10.1 Å². The van der Waals surface area contributed by atoms with Gasteiger partial charge in [0, 0.05) is 10.9 Å². The van der Waals surface area contributed by atoms with Crippen molar-refractivity contribution in [3.63, 3.8) is 0 Å². The van der Waals surface area contributed by atoms with Gasteiger partial charge in [0.2, 0.25) is 4.96 Å². The number of halogens is 3. The van der Waals surface area contributed by atoms with Crippen LogP contribution in [0.1, 0.15) is 10.4 Å². The van der Waals surface area contributed by atoms with Gasteiger partial charge in [0.25, 0.3) is 11.9 Å². The summed E-state index contributed by atoms with van der Waals surface area (Å²) in [7, 11) is 1.55. The molecule has 10 heteroatoms. The van der Waals surface area contributed by atoms with E-state index >= 15 is 0 Å². The van der Waals surface area contributed by atoms with E-state index in [-0.39, 0.29) is 5.95 Å². The van der Waals surface area contributed by atoms with Crippen molar-refractivity contribution in [3.8, 4) is 17.0 Å². The van der Waals surface area contributed by atoms with Crippen LogP contribution in [0.3, 0.4) is 0 Å². The lowest BCUT2D eigenvalue weighted by Crippen LogP contribution is -2.16. The third-order valence-electron chi connectivity index (χ3n) is 3.97. The van der Waals surface area contributed by atoms with E-state index in [1.54, 1.807) is 13.2 Å². The SMILES string of the molecule is COc1ccccc1-c1csc2nc(NC(=O)c3ccc(F)c(F)c3F)nn12. The van der Waals surface area contributed by atoms with E-state index in [4.69, 9.17) is 4.74 Å². The minimum absolute atomic E-state index is 0.0999. The van der Waals surface area contributed by atoms with Crippen molar-refractivity contribution in [2.75, 3.05) is 12.4 Å². The summed E-state index contributed by atoms with van der Waals surface area (Å²) in [5.74, 6) is -5.13. The first-order valence-corrected chi connectivity index (χ1v) is 8.80. The summed E-state index contributed by atoms with van der Waals surface area (Å²) < 4.78 is 47.0. The average molecular weight is 404 g/mol. The number of nitrogens with one attached hydrogen (secondary N) is 1. The van der Waals surface area contributed by atoms with Crippen LogP contribution in [0.4, 0.5) is 19.1 Å². The molecule has 0 aliphatic rings. The molecule has 0 radical (unpaired) electrons. The summed E-state index contributed by atoms with van der Waals surface area (Å²) in [5, 5.41) is 8.32. The summed E-state index contributed by atoms with van der Waals surface area (Å²) >= 11 is 1.28. The molecule has 0 bridgehead atoms. The highest BCUT2D eigenvalue weighted by molar-refractivity contribution is 7.15. The zero-order valence-electron chi connectivity index (χ0n) is 14.2. The minimum Gasteiger partial charge on any atom is -0.496 e. The van der Waals surface area contributed by atoms with Crippen molar-refractivity contribution in [3.05, 3.63) is 64.8 Å². The first kappa shape index (κ1) is 18.0. The summed E-state index contributed by atoms with van der Waals surface area (Å²) in [4.78, 5) is 16.8. The van der Waals surface area contributed by atoms with E-state index in [1.807, 2.05) is 23.6 Å². The molecule has 0 aliphatic carbocycles. The number of aromatic nitrogens is 3. The fourth-order valence-electron chi connectivity index (χ4n) is 2.65. The van der Waals surface area contributed by atoms with E-state index < -0.39 is 28.9 Å². The second kappa shape index (κ2) is 6.97. The molecule has 0 saturated carbocycles. The number of methoxy groups -OCH3 is 1. The lowest BCUT2D eigenvalue weighted by Gasteiger charge is -2.06. The molecule has 0 spiro atoms. The molecule has 0 fully saturated rings. The Labute approximate surface area is 160 Å². The Morgan fingerprint density at radius 1 is 1.14 bits per heavy atom. The largest absolute Gasteiger partial charge is 0.496 e. The van der Waals surface area contributed by atoms with Gasteiger partial charge >= 0.3 is 0 Å². The number of rotatable bonds is 4. The highest BCUT2D eigenvalue weighted by atomic mass is 32.1. The summed E-state index contributed by atoms with van der Waals surface area (Å²) in [5.41, 5.74) is 0.803. The number of thiazole rings is 1. The van der Waals surface area contributed by atoms with Crippen LogP contribution in [0, 0.1) is 17.5 Å². The lowest BCUT2D eigenvalue weighted by molar-refractivity contribution is 0.102. The second-order valence-corrected chi connectivity index (χ2v) is 6.46. The van der Waals surface area contributed by atoms with Crippen molar-refractivity contribution in [1.29, 1.82) is 0 Å². The van der Waals surface area contributed by atoms with Crippen LogP contribution in [0.2, 0.25) is 0 Å². The lowest BCUT2D eigenvalue weighted by atomic mass is 10.1. The van der Waals surface area contributed by atoms with Gasteiger partial charge in [-0.1, -0.05) is 12.1 Å². The number of ether oxygens (including phenoxy) is 1. The fourth-order valence-corrected chi connectivity index (χ4v) is 3.47. The van der Waals surface area contributed by atoms with E-state index in [2.05, 4.69) is 15.4 Å². The Balaban J connectivity index is 1.67.